The van der Waals surface area contributed by atoms with E-state index in [4.69, 9.17) is 14.3 Å². The van der Waals surface area contributed by atoms with E-state index in [-0.39, 0.29) is 32.1 Å². The zero-order valence-electron chi connectivity index (χ0n) is 11.8. The van der Waals surface area contributed by atoms with Gasteiger partial charge in [-0.15, -0.1) is 0 Å². The van der Waals surface area contributed by atoms with E-state index in [1.807, 2.05) is 19.1 Å². The molecule has 0 atom stereocenters. The van der Waals surface area contributed by atoms with Crippen LogP contribution in [0.4, 0.5) is 0 Å². The predicted octanol–water partition coefficient (Wildman–Crippen LogP) is 1.21. The molecular weight excluding hydrogens is 272 g/mol. The lowest BCUT2D eigenvalue weighted by molar-refractivity contribution is -0.120. The summed E-state index contributed by atoms with van der Waals surface area (Å²) in [7, 11) is 0. The van der Waals surface area contributed by atoms with Crippen LogP contribution in [0, 0.1) is 6.92 Å². The first-order valence-electron chi connectivity index (χ1n) is 6.68. The Labute approximate surface area is 122 Å². The number of hydrogen-bond acceptors (Lipinski definition) is 5. The number of carbonyl (C=O) groups excluding carboxylic acids is 1. The molecule has 0 saturated carbocycles. The zero-order valence-corrected chi connectivity index (χ0v) is 11.8. The SMILES string of the molecule is Cc1cnc(COc2ccc(CC(=O)NCCO)cc2)o1. The molecule has 2 rings (SSSR count). The van der Waals surface area contributed by atoms with Crippen molar-refractivity contribution in [2.45, 2.75) is 20.0 Å². The van der Waals surface area contributed by atoms with Crippen LogP contribution in [-0.4, -0.2) is 29.1 Å². The van der Waals surface area contributed by atoms with Crippen LogP contribution in [0.5, 0.6) is 5.75 Å². The van der Waals surface area contributed by atoms with Crippen LogP contribution in [0.15, 0.2) is 34.9 Å². The first kappa shape index (κ1) is 15.1. The monoisotopic (exact) mass is 290 g/mol. The van der Waals surface area contributed by atoms with Crippen LogP contribution >= 0.6 is 0 Å². The molecule has 1 aromatic carbocycles. The maximum atomic E-state index is 11.5. The molecule has 0 unspecified atom stereocenters. The highest BCUT2D eigenvalue weighted by Gasteiger charge is 2.04. The molecule has 0 saturated heterocycles. The first-order chi connectivity index (χ1) is 10.2. The number of aliphatic hydroxyl groups excluding tert-OH is 1. The molecule has 1 amide bonds. The second-order valence-corrected chi connectivity index (χ2v) is 4.55. The fourth-order valence-electron chi connectivity index (χ4n) is 1.76. The molecule has 6 heteroatoms. The number of nitrogens with zero attached hydrogens (tertiary/aromatic N) is 1. The van der Waals surface area contributed by atoms with Gasteiger partial charge >= 0.3 is 0 Å². The van der Waals surface area contributed by atoms with Gasteiger partial charge in [-0.3, -0.25) is 4.79 Å². The Morgan fingerprint density at radius 3 is 2.76 bits per heavy atom. The summed E-state index contributed by atoms with van der Waals surface area (Å²) in [5.74, 6) is 1.84. The number of rotatable bonds is 7. The van der Waals surface area contributed by atoms with E-state index in [9.17, 15) is 4.79 Å². The van der Waals surface area contributed by atoms with E-state index in [2.05, 4.69) is 10.3 Å². The Hall–Kier alpha value is -2.34. The van der Waals surface area contributed by atoms with Crippen molar-refractivity contribution in [1.29, 1.82) is 0 Å². The fourth-order valence-corrected chi connectivity index (χ4v) is 1.76. The van der Waals surface area contributed by atoms with Gasteiger partial charge in [-0.1, -0.05) is 12.1 Å². The van der Waals surface area contributed by atoms with Crippen molar-refractivity contribution < 1.29 is 19.1 Å². The molecule has 2 aromatic rings. The van der Waals surface area contributed by atoms with Gasteiger partial charge in [-0.25, -0.2) is 4.98 Å². The molecule has 0 aliphatic rings. The summed E-state index contributed by atoms with van der Waals surface area (Å²) >= 11 is 0. The summed E-state index contributed by atoms with van der Waals surface area (Å²) in [5.41, 5.74) is 0.879. The normalized spacial score (nSPS) is 10.4. The molecule has 0 radical (unpaired) electrons. The van der Waals surface area contributed by atoms with E-state index >= 15 is 0 Å². The number of benzene rings is 1. The lowest BCUT2D eigenvalue weighted by Gasteiger charge is -2.06. The van der Waals surface area contributed by atoms with Crippen LogP contribution in [0.2, 0.25) is 0 Å². The Morgan fingerprint density at radius 1 is 1.38 bits per heavy atom. The number of hydrogen-bond donors (Lipinski definition) is 2. The van der Waals surface area contributed by atoms with Crippen molar-refractivity contribution in [3.8, 4) is 5.75 Å². The maximum absolute atomic E-state index is 11.5. The minimum Gasteiger partial charge on any atom is -0.484 e. The Kier molecular flexibility index (Phi) is 5.34. The minimum absolute atomic E-state index is 0.0567. The summed E-state index contributed by atoms with van der Waals surface area (Å²) in [6, 6.07) is 7.25. The predicted molar refractivity (Wildman–Crippen MR) is 75.8 cm³/mol. The van der Waals surface area contributed by atoms with Crippen LogP contribution in [0.25, 0.3) is 0 Å². The number of aromatic nitrogens is 1. The van der Waals surface area contributed by atoms with E-state index in [1.165, 1.54) is 0 Å². The molecule has 0 spiro atoms. The average Bonchev–Trinajstić information content (AvgIpc) is 2.90. The van der Waals surface area contributed by atoms with Gasteiger partial charge in [0.1, 0.15) is 11.5 Å². The average molecular weight is 290 g/mol. The van der Waals surface area contributed by atoms with Crippen LogP contribution in [-0.2, 0) is 17.8 Å². The van der Waals surface area contributed by atoms with E-state index in [0.29, 0.717) is 11.6 Å². The highest BCUT2D eigenvalue weighted by atomic mass is 16.5. The largest absolute Gasteiger partial charge is 0.484 e. The Bertz CT molecular complexity index is 578. The number of ether oxygens (including phenoxy) is 1. The number of aryl methyl sites for hydroxylation is 1. The second-order valence-electron chi connectivity index (χ2n) is 4.55. The number of aliphatic hydroxyl groups is 1. The first-order valence-corrected chi connectivity index (χ1v) is 6.68. The van der Waals surface area contributed by atoms with Gasteiger partial charge < -0.3 is 19.6 Å². The molecule has 0 fully saturated rings. The third kappa shape index (κ3) is 4.92. The van der Waals surface area contributed by atoms with Gasteiger partial charge in [0.15, 0.2) is 6.61 Å². The molecule has 0 aliphatic heterocycles. The quantitative estimate of drug-likeness (QED) is 0.800. The lowest BCUT2D eigenvalue weighted by atomic mass is 10.1. The van der Waals surface area contributed by atoms with Gasteiger partial charge in [-0.05, 0) is 24.6 Å². The molecule has 21 heavy (non-hydrogen) atoms. The van der Waals surface area contributed by atoms with Gasteiger partial charge in [0.25, 0.3) is 0 Å². The highest BCUT2D eigenvalue weighted by molar-refractivity contribution is 5.78. The molecule has 1 heterocycles. The van der Waals surface area contributed by atoms with E-state index in [0.717, 1.165) is 11.3 Å². The summed E-state index contributed by atoms with van der Waals surface area (Å²) < 4.78 is 10.9. The molecule has 2 N–H and O–H groups in total. The lowest BCUT2D eigenvalue weighted by Crippen LogP contribution is -2.27. The third-order valence-corrected chi connectivity index (χ3v) is 2.75. The van der Waals surface area contributed by atoms with Crippen molar-refractivity contribution in [1.82, 2.24) is 10.3 Å². The molecule has 0 aliphatic carbocycles. The van der Waals surface area contributed by atoms with Crippen molar-refractivity contribution in [3.63, 3.8) is 0 Å². The maximum Gasteiger partial charge on any atom is 0.232 e. The van der Waals surface area contributed by atoms with Gasteiger partial charge in [0.05, 0.1) is 19.2 Å². The van der Waals surface area contributed by atoms with Crippen molar-refractivity contribution >= 4 is 5.91 Å². The van der Waals surface area contributed by atoms with Crippen molar-refractivity contribution in [2.24, 2.45) is 0 Å². The summed E-state index contributed by atoms with van der Waals surface area (Å²) in [4.78, 5) is 15.5. The minimum atomic E-state index is -0.118. The summed E-state index contributed by atoms with van der Waals surface area (Å²) in [6.07, 6.45) is 1.92. The summed E-state index contributed by atoms with van der Waals surface area (Å²) in [5, 5.41) is 11.2. The number of amides is 1. The van der Waals surface area contributed by atoms with Gasteiger partial charge in [0.2, 0.25) is 11.8 Å². The molecule has 112 valence electrons. The topological polar surface area (TPSA) is 84.6 Å². The smallest absolute Gasteiger partial charge is 0.232 e. The standard InChI is InChI=1S/C15H18N2O4/c1-11-9-17-15(21-11)10-20-13-4-2-12(3-5-13)8-14(19)16-6-7-18/h2-5,9,18H,6-8,10H2,1H3,(H,16,19). The summed E-state index contributed by atoms with van der Waals surface area (Å²) in [6.45, 7) is 2.31. The zero-order chi connectivity index (χ0) is 15.1. The fraction of sp³-hybridized carbons (Fsp3) is 0.333. The molecule has 1 aromatic heterocycles. The Morgan fingerprint density at radius 2 is 2.14 bits per heavy atom. The third-order valence-electron chi connectivity index (χ3n) is 2.75. The van der Waals surface area contributed by atoms with E-state index in [1.54, 1.807) is 18.3 Å². The van der Waals surface area contributed by atoms with Crippen LogP contribution < -0.4 is 10.1 Å². The van der Waals surface area contributed by atoms with Crippen LogP contribution in [0.1, 0.15) is 17.2 Å². The number of nitrogens with one attached hydrogen (secondary N) is 1. The van der Waals surface area contributed by atoms with Crippen molar-refractivity contribution in [2.75, 3.05) is 13.2 Å². The van der Waals surface area contributed by atoms with Gasteiger partial charge in [-0.2, -0.15) is 0 Å². The number of oxazole rings is 1. The number of carbonyl (C=O) groups is 1. The van der Waals surface area contributed by atoms with Crippen LogP contribution in [0.3, 0.4) is 0 Å². The Balaban J connectivity index is 1.82. The molecule has 6 nitrogen and oxygen atoms in total. The van der Waals surface area contributed by atoms with Crippen molar-refractivity contribution in [3.05, 3.63) is 47.7 Å². The van der Waals surface area contributed by atoms with Gasteiger partial charge in [0, 0.05) is 6.54 Å². The molecular formula is C15H18N2O4. The highest BCUT2D eigenvalue weighted by Crippen LogP contribution is 2.14. The second kappa shape index (κ2) is 7.44. The van der Waals surface area contributed by atoms with E-state index < -0.39 is 0 Å². The molecule has 0 bridgehead atoms.